The third kappa shape index (κ3) is 4.10. The standard InChI is InChI=1S/C27H25N3O2S/c1-17-8-7-9-18(2)26(17)29-27-30(19(3)20-10-5-4-6-11-20)23(16-33-27)21-12-13-24-22(14-21)28-25(31)15-32-24/h4-14,16,19H,15H2,1-3H3,(H,28,31). The van der Waals surface area contributed by atoms with Gasteiger partial charge in [0.1, 0.15) is 5.75 Å². The maximum Gasteiger partial charge on any atom is 0.262 e. The van der Waals surface area contributed by atoms with Crippen LogP contribution < -0.4 is 14.9 Å². The number of rotatable bonds is 4. The average Bonchev–Trinajstić information content (AvgIpc) is 3.24. The first kappa shape index (κ1) is 21.2. The van der Waals surface area contributed by atoms with Crippen molar-refractivity contribution >= 4 is 28.6 Å². The summed E-state index contributed by atoms with van der Waals surface area (Å²) in [5, 5.41) is 5.06. The molecular formula is C27H25N3O2S. The minimum atomic E-state index is -0.138. The smallest absolute Gasteiger partial charge is 0.262 e. The lowest BCUT2D eigenvalue weighted by molar-refractivity contribution is -0.118. The molecular weight excluding hydrogens is 430 g/mol. The Labute approximate surface area is 197 Å². The molecule has 1 unspecified atom stereocenters. The zero-order valence-electron chi connectivity index (χ0n) is 18.8. The van der Waals surface area contributed by atoms with Gasteiger partial charge in [0.2, 0.25) is 0 Å². The van der Waals surface area contributed by atoms with E-state index in [1.54, 1.807) is 11.3 Å². The molecule has 3 aromatic carbocycles. The zero-order chi connectivity index (χ0) is 22.9. The van der Waals surface area contributed by atoms with E-state index in [2.05, 4.69) is 78.5 Å². The first-order chi connectivity index (χ1) is 16.0. The highest BCUT2D eigenvalue weighted by molar-refractivity contribution is 7.07. The number of nitrogens with one attached hydrogen (secondary N) is 1. The van der Waals surface area contributed by atoms with Gasteiger partial charge < -0.3 is 14.6 Å². The normalized spacial score (nSPS) is 14.4. The van der Waals surface area contributed by atoms with E-state index in [1.165, 1.54) is 5.56 Å². The van der Waals surface area contributed by atoms with E-state index in [0.717, 1.165) is 32.9 Å². The molecule has 0 bridgehead atoms. The van der Waals surface area contributed by atoms with Gasteiger partial charge >= 0.3 is 0 Å². The van der Waals surface area contributed by atoms with Crippen LogP contribution in [0.1, 0.15) is 29.7 Å². The van der Waals surface area contributed by atoms with Gasteiger partial charge in [0.25, 0.3) is 5.91 Å². The fraction of sp³-hybridized carbons (Fsp3) is 0.185. The van der Waals surface area contributed by atoms with Crippen LogP contribution in [-0.2, 0) is 4.79 Å². The molecule has 1 aliphatic rings. The Morgan fingerprint density at radius 1 is 1.03 bits per heavy atom. The molecule has 0 fully saturated rings. The first-order valence-electron chi connectivity index (χ1n) is 10.9. The summed E-state index contributed by atoms with van der Waals surface area (Å²) in [4.78, 5) is 17.9. The van der Waals surface area contributed by atoms with E-state index in [4.69, 9.17) is 9.73 Å². The number of aromatic nitrogens is 1. The van der Waals surface area contributed by atoms with Crippen molar-refractivity contribution in [3.8, 4) is 17.0 Å². The van der Waals surface area contributed by atoms with Crippen molar-refractivity contribution in [2.75, 3.05) is 11.9 Å². The van der Waals surface area contributed by atoms with Crippen molar-refractivity contribution < 1.29 is 9.53 Å². The number of thiazole rings is 1. The van der Waals surface area contributed by atoms with Crippen LogP contribution in [0.3, 0.4) is 0 Å². The molecule has 0 aliphatic carbocycles. The third-order valence-electron chi connectivity index (χ3n) is 5.97. The Hall–Kier alpha value is -3.64. The van der Waals surface area contributed by atoms with Gasteiger partial charge in [-0.3, -0.25) is 4.79 Å². The molecule has 1 atom stereocenters. The molecule has 0 saturated carbocycles. The van der Waals surface area contributed by atoms with Crippen LogP contribution in [0, 0.1) is 13.8 Å². The quantitative estimate of drug-likeness (QED) is 0.410. The second-order valence-electron chi connectivity index (χ2n) is 8.26. The summed E-state index contributed by atoms with van der Waals surface area (Å²) >= 11 is 1.62. The second kappa shape index (κ2) is 8.71. The van der Waals surface area contributed by atoms with E-state index in [9.17, 15) is 4.79 Å². The van der Waals surface area contributed by atoms with E-state index in [0.29, 0.717) is 11.4 Å². The highest BCUT2D eigenvalue weighted by Gasteiger charge is 2.20. The number of benzene rings is 3. The summed E-state index contributed by atoms with van der Waals surface area (Å²) in [6.07, 6.45) is 0. The van der Waals surface area contributed by atoms with Crippen LogP contribution in [0.2, 0.25) is 0 Å². The number of carbonyl (C=O) groups is 1. The fourth-order valence-corrected chi connectivity index (χ4v) is 5.17. The minimum absolute atomic E-state index is 0.0502. The SMILES string of the molecule is Cc1cccc(C)c1N=c1scc(-c2ccc3c(c2)NC(=O)CO3)n1C(C)c1ccccc1. The number of fused-ring (bicyclic) bond motifs is 1. The van der Waals surface area contributed by atoms with Crippen molar-refractivity contribution in [1.29, 1.82) is 0 Å². The van der Waals surface area contributed by atoms with Crippen molar-refractivity contribution in [2.45, 2.75) is 26.8 Å². The van der Waals surface area contributed by atoms with Crippen LogP contribution in [0.25, 0.3) is 11.3 Å². The Kier molecular flexibility index (Phi) is 5.60. The van der Waals surface area contributed by atoms with E-state index >= 15 is 0 Å². The number of carbonyl (C=O) groups excluding carboxylic acids is 1. The molecule has 5 nitrogen and oxygen atoms in total. The number of hydrogen-bond acceptors (Lipinski definition) is 4. The van der Waals surface area contributed by atoms with Crippen LogP contribution in [-0.4, -0.2) is 17.1 Å². The van der Waals surface area contributed by atoms with Crippen LogP contribution in [0.5, 0.6) is 5.75 Å². The van der Waals surface area contributed by atoms with Crippen LogP contribution in [0.4, 0.5) is 11.4 Å². The van der Waals surface area contributed by atoms with Crippen molar-refractivity contribution in [2.24, 2.45) is 4.99 Å². The van der Waals surface area contributed by atoms with Crippen molar-refractivity contribution in [1.82, 2.24) is 4.57 Å². The van der Waals surface area contributed by atoms with Crippen molar-refractivity contribution in [3.63, 3.8) is 0 Å². The van der Waals surface area contributed by atoms with Gasteiger partial charge in [0.15, 0.2) is 11.4 Å². The molecule has 0 spiro atoms. The largest absolute Gasteiger partial charge is 0.482 e. The lowest BCUT2D eigenvalue weighted by Gasteiger charge is -2.21. The molecule has 4 aromatic rings. The Morgan fingerprint density at radius 3 is 2.55 bits per heavy atom. The van der Waals surface area contributed by atoms with E-state index in [-0.39, 0.29) is 18.6 Å². The first-order valence-corrected chi connectivity index (χ1v) is 11.8. The van der Waals surface area contributed by atoms with Gasteiger partial charge in [0.05, 0.1) is 23.1 Å². The van der Waals surface area contributed by atoms with Crippen molar-refractivity contribution in [3.05, 3.63) is 93.6 Å². The minimum Gasteiger partial charge on any atom is -0.482 e. The summed E-state index contributed by atoms with van der Waals surface area (Å²) in [5.41, 5.74) is 7.25. The van der Waals surface area contributed by atoms with Gasteiger partial charge in [-0.1, -0.05) is 48.5 Å². The highest BCUT2D eigenvalue weighted by atomic mass is 32.1. The molecule has 0 saturated heterocycles. The number of amides is 1. The molecule has 5 rings (SSSR count). The Bertz CT molecular complexity index is 1380. The predicted octanol–water partition coefficient (Wildman–Crippen LogP) is 6.01. The third-order valence-corrected chi connectivity index (χ3v) is 6.81. The fourth-order valence-electron chi connectivity index (χ4n) is 4.19. The summed E-state index contributed by atoms with van der Waals surface area (Å²) in [6, 6.07) is 22.7. The summed E-state index contributed by atoms with van der Waals surface area (Å²) in [7, 11) is 0. The number of para-hydroxylation sites is 1. The molecule has 1 N–H and O–H groups in total. The molecule has 1 aliphatic heterocycles. The monoisotopic (exact) mass is 455 g/mol. The van der Waals surface area contributed by atoms with Crippen LogP contribution in [0.15, 0.2) is 77.1 Å². The summed E-state index contributed by atoms with van der Waals surface area (Å²) in [5.74, 6) is 0.554. The number of anilines is 1. The summed E-state index contributed by atoms with van der Waals surface area (Å²) in [6.45, 7) is 6.43. The van der Waals surface area contributed by atoms with E-state index in [1.807, 2.05) is 24.3 Å². The maximum absolute atomic E-state index is 11.9. The Balaban J connectivity index is 1.71. The molecule has 33 heavy (non-hydrogen) atoms. The summed E-state index contributed by atoms with van der Waals surface area (Å²) < 4.78 is 7.83. The zero-order valence-corrected chi connectivity index (χ0v) is 19.6. The van der Waals surface area contributed by atoms with Gasteiger partial charge in [0, 0.05) is 10.9 Å². The second-order valence-corrected chi connectivity index (χ2v) is 9.10. The molecule has 166 valence electrons. The maximum atomic E-state index is 11.9. The molecule has 0 radical (unpaired) electrons. The number of aryl methyl sites for hydroxylation is 2. The highest BCUT2D eigenvalue weighted by Crippen LogP contribution is 2.35. The molecule has 1 amide bonds. The van der Waals surface area contributed by atoms with Gasteiger partial charge in [-0.05, 0) is 55.7 Å². The lowest BCUT2D eigenvalue weighted by Crippen LogP contribution is -2.25. The number of nitrogens with zero attached hydrogens (tertiary/aromatic N) is 2. The van der Waals surface area contributed by atoms with Crippen LogP contribution >= 0.6 is 11.3 Å². The van der Waals surface area contributed by atoms with Gasteiger partial charge in [-0.25, -0.2) is 4.99 Å². The number of ether oxygens (including phenoxy) is 1. The predicted molar refractivity (Wildman–Crippen MR) is 133 cm³/mol. The van der Waals surface area contributed by atoms with Gasteiger partial charge in [-0.2, -0.15) is 0 Å². The number of hydrogen-bond donors (Lipinski definition) is 1. The topological polar surface area (TPSA) is 55.6 Å². The Morgan fingerprint density at radius 2 is 1.79 bits per heavy atom. The van der Waals surface area contributed by atoms with E-state index < -0.39 is 0 Å². The molecule has 6 heteroatoms. The van der Waals surface area contributed by atoms with Gasteiger partial charge in [-0.15, -0.1) is 11.3 Å². The average molecular weight is 456 g/mol. The molecule has 2 heterocycles. The molecule has 1 aromatic heterocycles. The lowest BCUT2D eigenvalue weighted by atomic mass is 10.1.